The number of halogens is 1. The minimum absolute atomic E-state index is 0.0996. The first-order valence-electron chi connectivity index (χ1n) is 9.14. The predicted molar refractivity (Wildman–Crippen MR) is 117 cm³/mol. The lowest BCUT2D eigenvalue weighted by Gasteiger charge is -2.18. The third-order valence-corrected chi connectivity index (χ3v) is 5.60. The Morgan fingerprint density at radius 2 is 1.76 bits per heavy atom. The van der Waals surface area contributed by atoms with Gasteiger partial charge < -0.3 is 5.32 Å². The van der Waals surface area contributed by atoms with E-state index in [0.717, 1.165) is 27.5 Å². The Bertz CT molecular complexity index is 1040. The van der Waals surface area contributed by atoms with E-state index in [1.165, 1.54) is 11.3 Å². The fourth-order valence-corrected chi connectivity index (χ4v) is 3.96. The van der Waals surface area contributed by atoms with Gasteiger partial charge in [0, 0.05) is 22.2 Å². The molecule has 2 aromatic carbocycles. The van der Waals surface area contributed by atoms with Gasteiger partial charge in [-0.15, -0.1) is 11.3 Å². The third-order valence-electron chi connectivity index (χ3n) is 4.41. The van der Waals surface area contributed by atoms with Gasteiger partial charge in [-0.05, 0) is 29.8 Å². The van der Waals surface area contributed by atoms with Crippen molar-refractivity contribution in [2.45, 2.75) is 12.5 Å². The van der Waals surface area contributed by atoms with Crippen LogP contribution >= 0.6 is 22.9 Å². The molecular formula is C23H18ClN3OS. The zero-order chi connectivity index (χ0) is 20.1. The molecule has 0 bridgehead atoms. The summed E-state index contributed by atoms with van der Waals surface area (Å²) in [6.45, 7) is 0. The van der Waals surface area contributed by atoms with Gasteiger partial charge in [-0.3, -0.25) is 9.78 Å². The second kappa shape index (κ2) is 8.99. The van der Waals surface area contributed by atoms with Gasteiger partial charge in [0.15, 0.2) is 0 Å². The van der Waals surface area contributed by atoms with Crippen LogP contribution in [0.3, 0.4) is 0 Å². The average Bonchev–Trinajstić information content (AvgIpc) is 3.22. The van der Waals surface area contributed by atoms with Gasteiger partial charge in [-0.1, -0.05) is 60.1 Å². The summed E-state index contributed by atoms with van der Waals surface area (Å²) >= 11 is 7.46. The lowest BCUT2D eigenvalue weighted by molar-refractivity contribution is -0.121. The number of pyridine rings is 1. The summed E-state index contributed by atoms with van der Waals surface area (Å²) in [5, 5.41) is 6.57. The number of amides is 1. The van der Waals surface area contributed by atoms with Gasteiger partial charge in [-0.25, -0.2) is 4.98 Å². The van der Waals surface area contributed by atoms with Crippen LogP contribution in [0.5, 0.6) is 0 Å². The van der Waals surface area contributed by atoms with Crippen molar-refractivity contribution in [3.63, 3.8) is 0 Å². The number of thiazole rings is 1. The summed E-state index contributed by atoms with van der Waals surface area (Å²) in [6.07, 6.45) is 1.94. The van der Waals surface area contributed by atoms with Crippen molar-refractivity contribution in [2.75, 3.05) is 0 Å². The van der Waals surface area contributed by atoms with Crippen molar-refractivity contribution in [1.82, 2.24) is 15.3 Å². The molecule has 0 aliphatic carbocycles. The standard InChI is InChI=1S/C23H18ClN3OS/c24-18-11-9-17(10-12-18)23-26-19(15-29-23)14-21(28)27-22(16-6-2-1-3-7-16)20-8-4-5-13-25-20/h1-13,15,22H,14H2,(H,27,28). The highest BCUT2D eigenvalue weighted by atomic mass is 35.5. The number of benzene rings is 2. The monoisotopic (exact) mass is 419 g/mol. The second-order valence-electron chi connectivity index (χ2n) is 6.49. The SMILES string of the molecule is O=C(Cc1csc(-c2ccc(Cl)cc2)n1)NC(c1ccccc1)c1ccccn1. The molecule has 0 aliphatic rings. The number of nitrogens with one attached hydrogen (secondary N) is 1. The number of carbonyl (C=O) groups excluding carboxylic acids is 1. The maximum absolute atomic E-state index is 12.8. The summed E-state index contributed by atoms with van der Waals surface area (Å²) in [5.41, 5.74) is 3.51. The molecule has 0 aliphatic heterocycles. The molecule has 4 rings (SSSR count). The van der Waals surface area contributed by atoms with Crippen LogP contribution in [0.15, 0.2) is 84.4 Å². The van der Waals surface area contributed by atoms with E-state index >= 15 is 0 Å². The molecule has 4 aromatic rings. The Kier molecular flexibility index (Phi) is 5.98. The Hall–Kier alpha value is -3.02. The van der Waals surface area contributed by atoms with E-state index in [1.54, 1.807) is 6.20 Å². The molecule has 1 unspecified atom stereocenters. The summed E-state index contributed by atoms with van der Waals surface area (Å²) in [6, 6.07) is 22.8. The van der Waals surface area contributed by atoms with E-state index in [2.05, 4.69) is 15.3 Å². The number of nitrogens with zero attached hydrogens (tertiary/aromatic N) is 2. The van der Waals surface area contributed by atoms with Crippen LogP contribution in [0.1, 0.15) is 23.0 Å². The van der Waals surface area contributed by atoms with Crippen LogP contribution < -0.4 is 5.32 Å². The van der Waals surface area contributed by atoms with Gasteiger partial charge in [0.05, 0.1) is 23.9 Å². The summed E-state index contributed by atoms with van der Waals surface area (Å²) in [7, 11) is 0. The summed E-state index contributed by atoms with van der Waals surface area (Å²) in [5.74, 6) is -0.0996. The Morgan fingerprint density at radius 3 is 2.48 bits per heavy atom. The van der Waals surface area contributed by atoms with E-state index in [0.29, 0.717) is 5.02 Å². The van der Waals surface area contributed by atoms with E-state index in [9.17, 15) is 4.79 Å². The molecular weight excluding hydrogens is 402 g/mol. The van der Waals surface area contributed by atoms with Crippen molar-refractivity contribution in [1.29, 1.82) is 0 Å². The molecule has 1 atom stereocenters. The molecule has 0 spiro atoms. The first-order valence-corrected chi connectivity index (χ1v) is 10.4. The van der Waals surface area contributed by atoms with Crippen molar-refractivity contribution in [3.8, 4) is 10.6 Å². The topological polar surface area (TPSA) is 54.9 Å². The van der Waals surface area contributed by atoms with E-state index in [4.69, 9.17) is 11.6 Å². The molecule has 0 fully saturated rings. The van der Waals surface area contributed by atoms with Crippen LogP contribution in [-0.2, 0) is 11.2 Å². The molecule has 1 amide bonds. The predicted octanol–water partition coefficient (Wildman–Crippen LogP) is 5.31. The maximum atomic E-state index is 12.8. The van der Waals surface area contributed by atoms with E-state index in [1.807, 2.05) is 78.2 Å². The normalized spacial score (nSPS) is 11.8. The minimum Gasteiger partial charge on any atom is -0.343 e. The van der Waals surface area contributed by atoms with Crippen molar-refractivity contribution >= 4 is 28.8 Å². The highest BCUT2D eigenvalue weighted by molar-refractivity contribution is 7.13. The molecule has 144 valence electrons. The number of rotatable bonds is 6. The third kappa shape index (κ3) is 4.88. The Morgan fingerprint density at radius 1 is 1.00 bits per heavy atom. The fourth-order valence-electron chi connectivity index (χ4n) is 3.01. The zero-order valence-corrected chi connectivity index (χ0v) is 17.0. The number of hydrogen-bond donors (Lipinski definition) is 1. The molecule has 29 heavy (non-hydrogen) atoms. The highest BCUT2D eigenvalue weighted by Gasteiger charge is 2.18. The fraction of sp³-hybridized carbons (Fsp3) is 0.0870. The molecule has 2 aromatic heterocycles. The van der Waals surface area contributed by atoms with Crippen LogP contribution in [0.4, 0.5) is 0 Å². The lowest BCUT2D eigenvalue weighted by atomic mass is 10.0. The molecule has 0 radical (unpaired) electrons. The Balaban J connectivity index is 1.49. The number of carbonyl (C=O) groups is 1. The van der Waals surface area contributed by atoms with Crippen LogP contribution in [-0.4, -0.2) is 15.9 Å². The number of aromatic nitrogens is 2. The smallest absolute Gasteiger partial charge is 0.226 e. The maximum Gasteiger partial charge on any atom is 0.226 e. The van der Waals surface area contributed by atoms with Gasteiger partial charge in [0.2, 0.25) is 5.91 Å². The Labute approximate surface area is 178 Å². The van der Waals surface area contributed by atoms with Gasteiger partial charge in [0.25, 0.3) is 0 Å². The van der Waals surface area contributed by atoms with Gasteiger partial charge >= 0.3 is 0 Å². The van der Waals surface area contributed by atoms with Crippen LogP contribution in [0.2, 0.25) is 5.02 Å². The van der Waals surface area contributed by atoms with E-state index in [-0.39, 0.29) is 18.4 Å². The van der Waals surface area contributed by atoms with Crippen molar-refractivity contribution < 1.29 is 4.79 Å². The quantitative estimate of drug-likeness (QED) is 0.461. The van der Waals surface area contributed by atoms with Crippen molar-refractivity contribution in [2.24, 2.45) is 0 Å². The first kappa shape index (κ1) is 19.3. The average molecular weight is 420 g/mol. The summed E-state index contributed by atoms with van der Waals surface area (Å²) < 4.78 is 0. The molecule has 2 heterocycles. The van der Waals surface area contributed by atoms with Crippen molar-refractivity contribution in [3.05, 3.63) is 106 Å². The minimum atomic E-state index is -0.306. The molecule has 0 saturated carbocycles. The second-order valence-corrected chi connectivity index (χ2v) is 7.79. The summed E-state index contributed by atoms with van der Waals surface area (Å²) in [4.78, 5) is 21.8. The van der Waals surface area contributed by atoms with Gasteiger partial charge in [-0.2, -0.15) is 0 Å². The molecule has 6 heteroatoms. The molecule has 0 saturated heterocycles. The molecule has 4 nitrogen and oxygen atoms in total. The lowest BCUT2D eigenvalue weighted by Crippen LogP contribution is -2.31. The van der Waals surface area contributed by atoms with E-state index < -0.39 is 0 Å². The van der Waals surface area contributed by atoms with Crippen LogP contribution in [0.25, 0.3) is 10.6 Å². The number of hydrogen-bond acceptors (Lipinski definition) is 4. The van der Waals surface area contributed by atoms with Crippen LogP contribution in [0, 0.1) is 0 Å². The first-order chi connectivity index (χ1) is 14.2. The zero-order valence-electron chi connectivity index (χ0n) is 15.5. The molecule has 1 N–H and O–H groups in total. The largest absolute Gasteiger partial charge is 0.343 e. The van der Waals surface area contributed by atoms with Gasteiger partial charge in [0.1, 0.15) is 5.01 Å². The highest BCUT2D eigenvalue weighted by Crippen LogP contribution is 2.26.